The van der Waals surface area contributed by atoms with Gasteiger partial charge in [-0.15, -0.1) is 0 Å². The second kappa shape index (κ2) is 3.00. The van der Waals surface area contributed by atoms with E-state index in [4.69, 9.17) is 9.84 Å². The molecule has 2 heteroatoms. The molecule has 2 fully saturated rings. The third-order valence-electron chi connectivity index (χ3n) is 3.63. The molecule has 2 nitrogen and oxygen atoms in total. The van der Waals surface area contributed by atoms with Crippen LogP contribution in [0.5, 0.6) is 0 Å². The van der Waals surface area contributed by atoms with Gasteiger partial charge < -0.3 is 9.84 Å². The summed E-state index contributed by atoms with van der Waals surface area (Å²) in [6.45, 7) is 2.49. The van der Waals surface area contributed by atoms with E-state index in [1.807, 2.05) is 0 Å². The molecule has 3 atom stereocenters. The fraction of sp³-hybridized carbons (Fsp3) is 1.00. The zero-order valence-electron chi connectivity index (χ0n) is 7.75. The zero-order valence-corrected chi connectivity index (χ0v) is 7.75. The van der Waals surface area contributed by atoms with Crippen molar-refractivity contribution in [2.75, 3.05) is 6.61 Å². The van der Waals surface area contributed by atoms with Crippen molar-refractivity contribution in [2.45, 2.75) is 50.7 Å². The van der Waals surface area contributed by atoms with Gasteiger partial charge in [-0.05, 0) is 31.6 Å². The minimum atomic E-state index is 0.130. The first kappa shape index (κ1) is 8.52. The van der Waals surface area contributed by atoms with Crippen LogP contribution in [0.25, 0.3) is 0 Å². The van der Waals surface area contributed by atoms with Gasteiger partial charge in [-0.3, -0.25) is 0 Å². The van der Waals surface area contributed by atoms with Crippen LogP contribution >= 0.6 is 0 Å². The Bertz CT molecular complexity index is 169. The molecule has 2 aliphatic rings. The second-order valence-electron chi connectivity index (χ2n) is 4.32. The van der Waals surface area contributed by atoms with Gasteiger partial charge in [-0.1, -0.05) is 13.3 Å². The lowest BCUT2D eigenvalue weighted by molar-refractivity contribution is -0.0764. The molecule has 2 rings (SSSR count). The summed E-state index contributed by atoms with van der Waals surface area (Å²) < 4.78 is 5.92. The Morgan fingerprint density at radius 3 is 2.75 bits per heavy atom. The normalized spacial score (nSPS) is 47.5. The van der Waals surface area contributed by atoms with Crippen molar-refractivity contribution in [1.29, 1.82) is 0 Å². The van der Waals surface area contributed by atoms with Crippen molar-refractivity contribution in [3.05, 3.63) is 0 Å². The minimum Gasteiger partial charge on any atom is -0.394 e. The predicted molar refractivity (Wildman–Crippen MR) is 46.9 cm³/mol. The smallest absolute Gasteiger partial charge is 0.0814 e. The zero-order chi connectivity index (χ0) is 8.60. The SMILES string of the molecule is C[C@@H]1CCC[C@]12CC[C@@H](CO)O2. The summed E-state index contributed by atoms with van der Waals surface area (Å²) in [6.07, 6.45) is 6.17. The summed E-state index contributed by atoms with van der Waals surface area (Å²) in [5, 5.41) is 8.97. The predicted octanol–water partition coefficient (Wildman–Crippen LogP) is 1.72. The Morgan fingerprint density at radius 1 is 1.42 bits per heavy atom. The van der Waals surface area contributed by atoms with Crippen LogP contribution in [0.15, 0.2) is 0 Å². The van der Waals surface area contributed by atoms with Gasteiger partial charge in [0, 0.05) is 0 Å². The van der Waals surface area contributed by atoms with E-state index in [0.29, 0.717) is 5.92 Å². The summed E-state index contributed by atoms with van der Waals surface area (Å²) in [4.78, 5) is 0. The fourth-order valence-electron chi connectivity index (χ4n) is 2.75. The molecule has 1 heterocycles. The number of hydrogen-bond acceptors (Lipinski definition) is 2. The standard InChI is InChI=1S/C10H18O2/c1-8-3-2-5-10(8)6-4-9(7-11)12-10/h8-9,11H,2-7H2,1H3/t8-,9+,10+/m1/s1. The maximum atomic E-state index is 8.97. The molecule has 0 unspecified atom stereocenters. The molecule has 0 aromatic heterocycles. The van der Waals surface area contributed by atoms with Crippen LogP contribution in [0.4, 0.5) is 0 Å². The molecule has 1 N–H and O–H groups in total. The van der Waals surface area contributed by atoms with Gasteiger partial charge in [-0.2, -0.15) is 0 Å². The van der Waals surface area contributed by atoms with Crippen LogP contribution in [-0.4, -0.2) is 23.4 Å². The van der Waals surface area contributed by atoms with Gasteiger partial charge in [0.1, 0.15) is 0 Å². The maximum absolute atomic E-state index is 8.97. The third-order valence-corrected chi connectivity index (χ3v) is 3.63. The Balaban J connectivity index is 2.04. The van der Waals surface area contributed by atoms with Gasteiger partial charge in [0.25, 0.3) is 0 Å². The number of aliphatic hydroxyl groups excluding tert-OH is 1. The maximum Gasteiger partial charge on any atom is 0.0814 e. The molecule has 1 spiro atoms. The van der Waals surface area contributed by atoms with E-state index in [1.54, 1.807) is 0 Å². The van der Waals surface area contributed by atoms with E-state index >= 15 is 0 Å². The molecule has 12 heavy (non-hydrogen) atoms. The summed E-state index contributed by atoms with van der Waals surface area (Å²) >= 11 is 0. The Hall–Kier alpha value is -0.0800. The quantitative estimate of drug-likeness (QED) is 0.649. The molecule has 1 aliphatic carbocycles. The number of ether oxygens (including phenoxy) is 1. The van der Waals surface area contributed by atoms with Crippen molar-refractivity contribution in [3.8, 4) is 0 Å². The molecular weight excluding hydrogens is 152 g/mol. The molecule has 0 radical (unpaired) electrons. The van der Waals surface area contributed by atoms with E-state index < -0.39 is 0 Å². The van der Waals surface area contributed by atoms with Crippen molar-refractivity contribution in [3.63, 3.8) is 0 Å². The van der Waals surface area contributed by atoms with Gasteiger partial charge in [0.05, 0.1) is 18.3 Å². The van der Waals surface area contributed by atoms with E-state index in [-0.39, 0.29) is 18.3 Å². The molecule has 1 aliphatic heterocycles. The Labute approximate surface area is 73.9 Å². The van der Waals surface area contributed by atoms with Crippen LogP contribution < -0.4 is 0 Å². The van der Waals surface area contributed by atoms with Gasteiger partial charge in [0.2, 0.25) is 0 Å². The first-order valence-corrected chi connectivity index (χ1v) is 5.05. The van der Waals surface area contributed by atoms with Gasteiger partial charge in [0.15, 0.2) is 0 Å². The molecule has 1 saturated carbocycles. The van der Waals surface area contributed by atoms with Gasteiger partial charge >= 0.3 is 0 Å². The molecular formula is C10H18O2. The van der Waals surface area contributed by atoms with Crippen molar-refractivity contribution >= 4 is 0 Å². The Morgan fingerprint density at radius 2 is 2.25 bits per heavy atom. The second-order valence-corrected chi connectivity index (χ2v) is 4.32. The highest BCUT2D eigenvalue weighted by atomic mass is 16.5. The highest BCUT2D eigenvalue weighted by Crippen LogP contribution is 2.46. The monoisotopic (exact) mass is 170 g/mol. The molecule has 0 aromatic rings. The highest BCUT2D eigenvalue weighted by Gasteiger charge is 2.46. The molecule has 70 valence electrons. The average Bonchev–Trinajstić information content (AvgIpc) is 2.63. The highest BCUT2D eigenvalue weighted by molar-refractivity contribution is 4.96. The first-order valence-electron chi connectivity index (χ1n) is 5.05. The van der Waals surface area contributed by atoms with Crippen LogP contribution in [0, 0.1) is 5.92 Å². The Kier molecular flexibility index (Phi) is 2.13. The molecule has 0 amide bonds. The number of rotatable bonds is 1. The summed E-state index contributed by atoms with van der Waals surface area (Å²) in [5.74, 6) is 0.703. The molecule has 1 saturated heterocycles. The lowest BCUT2D eigenvalue weighted by Gasteiger charge is -2.28. The summed E-state index contributed by atoms with van der Waals surface area (Å²) in [6, 6.07) is 0. The topological polar surface area (TPSA) is 29.5 Å². The van der Waals surface area contributed by atoms with Crippen molar-refractivity contribution in [2.24, 2.45) is 5.92 Å². The van der Waals surface area contributed by atoms with Crippen molar-refractivity contribution in [1.82, 2.24) is 0 Å². The van der Waals surface area contributed by atoms with Crippen LogP contribution in [0.3, 0.4) is 0 Å². The van der Waals surface area contributed by atoms with E-state index in [1.165, 1.54) is 25.7 Å². The fourth-order valence-corrected chi connectivity index (χ4v) is 2.75. The van der Waals surface area contributed by atoms with E-state index in [0.717, 1.165) is 6.42 Å². The molecule has 0 bridgehead atoms. The van der Waals surface area contributed by atoms with E-state index in [9.17, 15) is 0 Å². The number of aliphatic hydroxyl groups is 1. The summed E-state index contributed by atoms with van der Waals surface area (Å²) in [5.41, 5.74) is 0.160. The number of hydrogen-bond donors (Lipinski definition) is 1. The van der Waals surface area contributed by atoms with Crippen LogP contribution in [0.2, 0.25) is 0 Å². The minimum absolute atomic E-state index is 0.130. The first-order chi connectivity index (χ1) is 5.77. The van der Waals surface area contributed by atoms with Gasteiger partial charge in [-0.25, -0.2) is 0 Å². The van der Waals surface area contributed by atoms with Crippen LogP contribution in [-0.2, 0) is 4.74 Å². The lowest BCUT2D eigenvalue weighted by atomic mass is 9.89. The largest absolute Gasteiger partial charge is 0.394 e. The lowest BCUT2D eigenvalue weighted by Crippen LogP contribution is -2.32. The third kappa shape index (κ3) is 1.17. The van der Waals surface area contributed by atoms with E-state index in [2.05, 4.69) is 6.92 Å². The van der Waals surface area contributed by atoms with Crippen LogP contribution in [0.1, 0.15) is 39.0 Å². The van der Waals surface area contributed by atoms with Crippen molar-refractivity contribution < 1.29 is 9.84 Å². The molecule has 0 aromatic carbocycles. The summed E-state index contributed by atoms with van der Waals surface area (Å²) in [7, 11) is 0. The average molecular weight is 170 g/mol.